The first-order valence-corrected chi connectivity index (χ1v) is 4.41. The molecule has 0 heterocycles. The Morgan fingerprint density at radius 1 is 1.50 bits per heavy atom. The molecular formula is C9H15NO4. The Hall–Kier alpha value is -1.23. The minimum atomic E-state index is -0.950. The van der Waals surface area contributed by atoms with E-state index in [0.29, 0.717) is 6.29 Å². The summed E-state index contributed by atoms with van der Waals surface area (Å²) >= 11 is 0. The lowest BCUT2D eigenvalue weighted by molar-refractivity contribution is -0.137. The molecule has 0 aromatic carbocycles. The average Bonchev–Trinajstić information content (AvgIpc) is 2.11. The van der Waals surface area contributed by atoms with Gasteiger partial charge in [0.25, 0.3) is 0 Å². The topological polar surface area (TPSA) is 83.5 Å². The van der Waals surface area contributed by atoms with Crippen LogP contribution in [0.4, 0.5) is 0 Å². The highest BCUT2D eigenvalue weighted by Crippen LogP contribution is 1.97. The number of nitrogens with one attached hydrogen (secondary N) is 1. The van der Waals surface area contributed by atoms with E-state index in [9.17, 15) is 14.4 Å². The third-order valence-electron chi connectivity index (χ3n) is 1.91. The van der Waals surface area contributed by atoms with Gasteiger partial charge in [-0.1, -0.05) is 0 Å². The molecule has 0 aliphatic rings. The van der Waals surface area contributed by atoms with E-state index in [1.54, 1.807) is 6.92 Å². The molecule has 0 saturated heterocycles. The summed E-state index contributed by atoms with van der Waals surface area (Å²) in [6.07, 6.45) is 0.750. The van der Waals surface area contributed by atoms with E-state index in [1.165, 1.54) is 6.92 Å². The van der Waals surface area contributed by atoms with Gasteiger partial charge in [-0.2, -0.15) is 0 Å². The van der Waals surface area contributed by atoms with E-state index in [0.717, 1.165) is 0 Å². The van der Waals surface area contributed by atoms with Gasteiger partial charge >= 0.3 is 5.97 Å². The van der Waals surface area contributed by atoms with Crippen LogP contribution in [0.15, 0.2) is 0 Å². The number of aliphatic carboxylic acids is 1. The number of ketones is 1. The van der Waals surface area contributed by atoms with Gasteiger partial charge in [-0.15, -0.1) is 0 Å². The third kappa shape index (κ3) is 5.42. The van der Waals surface area contributed by atoms with Crippen LogP contribution in [0.1, 0.15) is 26.7 Å². The van der Waals surface area contributed by atoms with E-state index >= 15 is 0 Å². The van der Waals surface area contributed by atoms with Crippen LogP contribution < -0.4 is 5.32 Å². The summed E-state index contributed by atoms with van der Waals surface area (Å²) in [5.41, 5.74) is 0. The molecule has 0 aromatic rings. The summed E-state index contributed by atoms with van der Waals surface area (Å²) in [6.45, 7) is 3.05. The van der Waals surface area contributed by atoms with Crippen molar-refractivity contribution in [2.45, 2.75) is 38.8 Å². The number of rotatable bonds is 7. The third-order valence-corrected chi connectivity index (χ3v) is 1.91. The number of Topliss-reactive ketones (excluding diaryl/α,β-unsaturated/α-hetero) is 1. The fraction of sp³-hybridized carbons (Fsp3) is 0.667. The second-order valence-corrected chi connectivity index (χ2v) is 3.17. The lowest BCUT2D eigenvalue weighted by atomic mass is 10.1. The fourth-order valence-corrected chi connectivity index (χ4v) is 0.908. The Bertz CT molecular complexity index is 227. The zero-order chi connectivity index (χ0) is 11.1. The van der Waals surface area contributed by atoms with Crippen LogP contribution in [-0.2, 0) is 14.4 Å². The Kier molecular flexibility index (Phi) is 5.71. The quantitative estimate of drug-likeness (QED) is 0.566. The number of aldehydes is 1. The lowest BCUT2D eigenvalue weighted by Crippen LogP contribution is -2.41. The highest BCUT2D eigenvalue weighted by molar-refractivity contribution is 5.81. The lowest BCUT2D eigenvalue weighted by Gasteiger charge is -2.15. The molecular weight excluding hydrogens is 186 g/mol. The van der Waals surface area contributed by atoms with Crippen molar-refractivity contribution in [1.82, 2.24) is 5.32 Å². The second-order valence-electron chi connectivity index (χ2n) is 3.17. The summed E-state index contributed by atoms with van der Waals surface area (Å²) in [6, 6.07) is -0.982. The van der Waals surface area contributed by atoms with Crippen LogP contribution >= 0.6 is 0 Å². The molecule has 0 radical (unpaired) electrons. The molecule has 2 N–H and O–H groups in total. The summed E-state index contributed by atoms with van der Waals surface area (Å²) in [5.74, 6) is -1.03. The molecule has 0 aliphatic heterocycles. The van der Waals surface area contributed by atoms with Gasteiger partial charge in [0.1, 0.15) is 12.1 Å². The van der Waals surface area contributed by atoms with Crippen molar-refractivity contribution in [2.24, 2.45) is 0 Å². The molecule has 0 rings (SSSR count). The van der Waals surface area contributed by atoms with Crippen molar-refractivity contribution in [1.29, 1.82) is 0 Å². The Morgan fingerprint density at radius 3 is 2.43 bits per heavy atom. The van der Waals surface area contributed by atoms with Gasteiger partial charge in [-0.3, -0.25) is 14.9 Å². The van der Waals surface area contributed by atoms with Crippen LogP contribution in [0.25, 0.3) is 0 Å². The minimum absolute atomic E-state index is 0.0767. The maximum atomic E-state index is 10.8. The Balaban J connectivity index is 3.96. The van der Waals surface area contributed by atoms with E-state index < -0.39 is 18.1 Å². The number of carboxylic acid groups (broad SMARTS) is 1. The Morgan fingerprint density at radius 2 is 2.07 bits per heavy atom. The van der Waals surface area contributed by atoms with Gasteiger partial charge in [-0.25, -0.2) is 0 Å². The van der Waals surface area contributed by atoms with Gasteiger partial charge in [0, 0.05) is 6.42 Å². The van der Waals surface area contributed by atoms with Crippen molar-refractivity contribution in [3.63, 3.8) is 0 Å². The first-order valence-electron chi connectivity index (χ1n) is 4.41. The molecule has 0 aliphatic carbocycles. The van der Waals surface area contributed by atoms with Gasteiger partial charge < -0.3 is 9.90 Å². The average molecular weight is 201 g/mol. The van der Waals surface area contributed by atoms with Gasteiger partial charge in [-0.05, 0) is 20.3 Å². The molecule has 0 fully saturated rings. The van der Waals surface area contributed by atoms with Crippen molar-refractivity contribution >= 4 is 18.0 Å². The van der Waals surface area contributed by atoms with Gasteiger partial charge in [0.2, 0.25) is 0 Å². The monoisotopic (exact) mass is 201 g/mol. The predicted octanol–water partition coefficient (Wildman–Crippen LogP) is -0.0142. The predicted molar refractivity (Wildman–Crippen MR) is 50.0 cm³/mol. The SMILES string of the molecule is CC(=O)C(C)N[C@@H](C=O)CCC(=O)O. The minimum Gasteiger partial charge on any atom is -0.481 e. The zero-order valence-corrected chi connectivity index (χ0v) is 8.32. The fourth-order valence-electron chi connectivity index (χ4n) is 0.908. The number of carbonyl (C=O) groups excluding carboxylic acids is 2. The molecule has 2 atom stereocenters. The molecule has 1 unspecified atom stereocenters. The van der Waals surface area contributed by atoms with Crippen LogP contribution in [-0.4, -0.2) is 35.2 Å². The summed E-state index contributed by atoms with van der Waals surface area (Å²) in [5, 5.41) is 11.1. The summed E-state index contributed by atoms with van der Waals surface area (Å²) in [7, 11) is 0. The molecule has 0 saturated carbocycles. The first kappa shape index (κ1) is 12.8. The standard InChI is InChI=1S/C9H15NO4/c1-6(7(2)12)10-8(5-11)3-4-9(13)14/h5-6,8,10H,3-4H2,1-2H3,(H,13,14)/t6?,8-/m1/s1. The highest BCUT2D eigenvalue weighted by Gasteiger charge is 2.14. The van der Waals surface area contributed by atoms with Gasteiger partial charge in [0.15, 0.2) is 0 Å². The zero-order valence-electron chi connectivity index (χ0n) is 8.32. The summed E-state index contributed by atoms with van der Waals surface area (Å²) in [4.78, 5) is 31.6. The van der Waals surface area contributed by atoms with E-state index in [-0.39, 0.29) is 18.6 Å². The number of hydrogen-bond donors (Lipinski definition) is 2. The molecule has 0 spiro atoms. The Labute approximate surface area is 82.5 Å². The van der Waals surface area contributed by atoms with E-state index in [4.69, 9.17) is 5.11 Å². The number of carboxylic acids is 1. The number of hydrogen-bond acceptors (Lipinski definition) is 4. The van der Waals surface area contributed by atoms with Gasteiger partial charge in [0.05, 0.1) is 12.1 Å². The maximum absolute atomic E-state index is 10.8. The van der Waals surface area contributed by atoms with Crippen molar-refractivity contribution in [3.8, 4) is 0 Å². The molecule has 5 nitrogen and oxygen atoms in total. The van der Waals surface area contributed by atoms with Crippen LogP contribution in [0.3, 0.4) is 0 Å². The maximum Gasteiger partial charge on any atom is 0.303 e. The second kappa shape index (κ2) is 6.26. The van der Waals surface area contributed by atoms with Crippen LogP contribution in [0.2, 0.25) is 0 Å². The van der Waals surface area contributed by atoms with Crippen molar-refractivity contribution < 1.29 is 19.5 Å². The normalized spacial score (nSPS) is 14.4. The largest absolute Gasteiger partial charge is 0.481 e. The molecule has 0 bridgehead atoms. The smallest absolute Gasteiger partial charge is 0.303 e. The molecule has 0 amide bonds. The van der Waals surface area contributed by atoms with Crippen LogP contribution in [0.5, 0.6) is 0 Å². The van der Waals surface area contributed by atoms with Crippen molar-refractivity contribution in [3.05, 3.63) is 0 Å². The molecule has 14 heavy (non-hydrogen) atoms. The molecule has 80 valence electrons. The first-order chi connectivity index (χ1) is 6.47. The number of carbonyl (C=O) groups is 3. The molecule has 0 aromatic heterocycles. The summed E-state index contributed by atoms with van der Waals surface area (Å²) < 4.78 is 0. The molecule has 5 heteroatoms. The highest BCUT2D eigenvalue weighted by atomic mass is 16.4. The van der Waals surface area contributed by atoms with E-state index in [1.807, 2.05) is 0 Å². The van der Waals surface area contributed by atoms with Crippen molar-refractivity contribution in [2.75, 3.05) is 0 Å². The van der Waals surface area contributed by atoms with Crippen LogP contribution in [0, 0.1) is 0 Å². The van der Waals surface area contributed by atoms with E-state index in [2.05, 4.69) is 5.32 Å².